The highest BCUT2D eigenvalue weighted by atomic mass is 32.2. The SMILES string of the molecule is Cc1ccc(NS(=O)(=O)c2ccc3c(c2)CCN3C(=O)NC2CCCCC2)c(C)c1. The fourth-order valence-corrected chi connectivity index (χ4v) is 5.57. The minimum Gasteiger partial charge on any atom is -0.335 e. The van der Waals surface area contributed by atoms with Crippen molar-refractivity contribution in [2.75, 3.05) is 16.2 Å². The number of benzene rings is 2. The van der Waals surface area contributed by atoms with Gasteiger partial charge in [0.05, 0.1) is 10.6 Å². The van der Waals surface area contributed by atoms with E-state index in [1.807, 2.05) is 26.0 Å². The molecule has 0 saturated heterocycles. The fourth-order valence-electron chi connectivity index (χ4n) is 4.39. The van der Waals surface area contributed by atoms with Crippen molar-refractivity contribution in [1.82, 2.24) is 5.32 Å². The van der Waals surface area contributed by atoms with Gasteiger partial charge in [-0.25, -0.2) is 13.2 Å². The largest absolute Gasteiger partial charge is 0.335 e. The van der Waals surface area contributed by atoms with E-state index in [9.17, 15) is 13.2 Å². The van der Waals surface area contributed by atoms with E-state index in [-0.39, 0.29) is 17.0 Å². The number of hydrogen-bond acceptors (Lipinski definition) is 3. The van der Waals surface area contributed by atoms with E-state index in [0.717, 1.165) is 48.1 Å². The Morgan fingerprint density at radius 2 is 1.80 bits per heavy atom. The zero-order chi connectivity index (χ0) is 21.3. The summed E-state index contributed by atoms with van der Waals surface area (Å²) >= 11 is 0. The third kappa shape index (κ3) is 4.31. The van der Waals surface area contributed by atoms with Gasteiger partial charge in [-0.05, 0) is 68.5 Å². The lowest BCUT2D eigenvalue weighted by molar-refractivity contribution is 0.238. The second-order valence-corrected chi connectivity index (χ2v) is 10.1. The molecule has 2 aromatic carbocycles. The standard InChI is InChI=1S/C23H29N3O3S/c1-16-8-10-21(17(2)14-16)25-30(28,29)20-9-11-22-18(15-20)12-13-26(22)23(27)24-19-6-4-3-5-7-19/h8-11,14-15,19,25H,3-7,12-13H2,1-2H3,(H,24,27). The van der Waals surface area contributed by atoms with Crippen molar-refractivity contribution >= 4 is 27.4 Å². The van der Waals surface area contributed by atoms with Crippen molar-refractivity contribution in [2.24, 2.45) is 0 Å². The minimum absolute atomic E-state index is 0.0790. The van der Waals surface area contributed by atoms with Crippen LogP contribution in [0, 0.1) is 13.8 Å². The van der Waals surface area contributed by atoms with Gasteiger partial charge in [-0.15, -0.1) is 0 Å². The minimum atomic E-state index is -3.70. The molecule has 7 heteroatoms. The van der Waals surface area contributed by atoms with Crippen LogP contribution in [0.4, 0.5) is 16.2 Å². The molecule has 1 aliphatic heterocycles. The lowest BCUT2D eigenvalue weighted by Gasteiger charge is -2.26. The van der Waals surface area contributed by atoms with Crippen LogP contribution in [0.15, 0.2) is 41.3 Å². The van der Waals surface area contributed by atoms with Crippen LogP contribution in [0.5, 0.6) is 0 Å². The summed E-state index contributed by atoms with van der Waals surface area (Å²) < 4.78 is 28.5. The van der Waals surface area contributed by atoms with Gasteiger partial charge in [0.15, 0.2) is 0 Å². The monoisotopic (exact) mass is 427 g/mol. The number of carbonyl (C=O) groups excluding carboxylic acids is 1. The zero-order valence-electron chi connectivity index (χ0n) is 17.6. The van der Waals surface area contributed by atoms with Crippen molar-refractivity contribution in [3.05, 3.63) is 53.1 Å². The predicted octanol–water partition coefficient (Wildman–Crippen LogP) is 4.51. The summed E-state index contributed by atoms with van der Waals surface area (Å²) in [5.41, 5.74) is 4.23. The van der Waals surface area contributed by atoms with Gasteiger partial charge in [-0.1, -0.05) is 37.0 Å². The van der Waals surface area contributed by atoms with E-state index in [0.29, 0.717) is 18.7 Å². The molecule has 30 heavy (non-hydrogen) atoms. The van der Waals surface area contributed by atoms with Gasteiger partial charge >= 0.3 is 6.03 Å². The summed E-state index contributed by atoms with van der Waals surface area (Å²) in [4.78, 5) is 14.7. The summed E-state index contributed by atoms with van der Waals surface area (Å²) in [7, 11) is -3.70. The smallest absolute Gasteiger partial charge is 0.322 e. The van der Waals surface area contributed by atoms with Crippen LogP contribution in [-0.2, 0) is 16.4 Å². The summed E-state index contributed by atoms with van der Waals surface area (Å²) in [5.74, 6) is 0. The third-order valence-electron chi connectivity index (χ3n) is 6.06. The molecule has 1 aliphatic carbocycles. The molecule has 1 heterocycles. The highest BCUT2D eigenvalue weighted by molar-refractivity contribution is 7.92. The number of amides is 2. The Kier molecular flexibility index (Phi) is 5.73. The van der Waals surface area contributed by atoms with Crippen LogP contribution in [0.25, 0.3) is 0 Å². The lowest BCUT2D eigenvalue weighted by Crippen LogP contribution is -2.45. The molecule has 0 atom stereocenters. The molecule has 0 spiro atoms. The van der Waals surface area contributed by atoms with Crippen LogP contribution in [0.3, 0.4) is 0 Å². The first-order valence-electron chi connectivity index (χ1n) is 10.6. The van der Waals surface area contributed by atoms with E-state index in [1.54, 1.807) is 29.2 Å². The topological polar surface area (TPSA) is 78.5 Å². The molecule has 2 N–H and O–H groups in total. The van der Waals surface area contributed by atoms with Gasteiger partial charge in [-0.2, -0.15) is 0 Å². The maximum absolute atomic E-state index is 12.9. The maximum Gasteiger partial charge on any atom is 0.322 e. The van der Waals surface area contributed by atoms with Gasteiger partial charge in [0.2, 0.25) is 0 Å². The van der Waals surface area contributed by atoms with E-state index in [1.165, 1.54) is 6.42 Å². The molecule has 6 nitrogen and oxygen atoms in total. The van der Waals surface area contributed by atoms with Crippen LogP contribution < -0.4 is 14.9 Å². The Bertz CT molecular complexity index is 1060. The maximum atomic E-state index is 12.9. The zero-order valence-corrected chi connectivity index (χ0v) is 18.4. The first-order chi connectivity index (χ1) is 14.3. The number of nitrogens with one attached hydrogen (secondary N) is 2. The van der Waals surface area contributed by atoms with Crippen LogP contribution in [-0.4, -0.2) is 27.0 Å². The number of sulfonamides is 1. The van der Waals surface area contributed by atoms with E-state index in [4.69, 9.17) is 0 Å². The first-order valence-corrected chi connectivity index (χ1v) is 12.1. The van der Waals surface area contributed by atoms with Gasteiger partial charge in [0.25, 0.3) is 10.0 Å². The van der Waals surface area contributed by atoms with Gasteiger partial charge < -0.3 is 5.32 Å². The molecule has 1 fully saturated rings. The number of aryl methyl sites for hydroxylation is 2. The molecule has 4 rings (SSSR count). The Labute approximate surface area is 178 Å². The van der Waals surface area contributed by atoms with Crippen LogP contribution in [0.1, 0.15) is 48.8 Å². The number of anilines is 2. The average molecular weight is 428 g/mol. The predicted molar refractivity (Wildman–Crippen MR) is 120 cm³/mol. The number of urea groups is 1. The third-order valence-corrected chi connectivity index (χ3v) is 7.42. The molecule has 0 unspecified atom stereocenters. The number of fused-ring (bicyclic) bond motifs is 1. The van der Waals surface area contributed by atoms with Gasteiger partial charge in [-0.3, -0.25) is 9.62 Å². The fraction of sp³-hybridized carbons (Fsp3) is 0.435. The van der Waals surface area contributed by atoms with Crippen molar-refractivity contribution in [1.29, 1.82) is 0 Å². The lowest BCUT2D eigenvalue weighted by atomic mass is 9.96. The van der Waals surface area contributed by atoms with Gasteiger partial charge in [0, 0.05) is 18.3 Å². The Morgan fingerprint density at radius 3 is 2.53 bits per heavy atom. The summed E-state index contributed by atoms with van der Waals surface area (Å²) in [6.45, 7) is 4.43. The number of rotatable bonds is 4. The Morgan fingerprint density at radius 1 is 1.03 bits per heavy atom. The van der Waals surface area contributed by atoms with Gasteiger partial charge in [0.1, 0.15) is 0 Å². The summed E-state index contributed by atoms with van der Waals surface area (Å²) in [6, 6.07) is 10.8. The second kappa shape index (κ2) is 8.30. The molecule has 1 saturated carbocycles. The molecule has 2 aliphatic rings. The van der Waals surface area contributed by atoms with Crippen molar-refractivity contribution in [3.8, 4) is 0 Å². The highest BCUT2D eigenvalue weighted by Crippen LogP contribution is 2.31. The first kappa shape index (κ1) is 20.7. The molecule has 0 aromatic heterocycles. The molecule has 0 bridgehead atoms. The Hall–Kier alpha value is -2.54. The average Bonchev–Trinajstić information content (AvgIpc) is 3.14. The molecule has 2 aromatic rings. The molecular formula is C23H29N3O3S. The number of nitrogens with zero attached hydrogens (tertiary/aromatic N) is 1. The van der Waals surface area contributed by atoms with Crippen LogP contribution >= 0.6 is 0 Å². The van der Waals surface area contributed by atoms with Crippen molar-refractivity contribution in [3.63, 3.8) is 0 Å². The molecule has 2 amide bonds. The van der Waals surface area contributed by atoms with Crippen molar-refractivity contribution < 1.29 is 13.2 Å². The highest BCUT2D eigenvalue weighted by Gasteiger charge is 2.28. The van der Waals surface area contributed by atoms with Crippen molar-refractivity contribution in [2.45, 2.75) is 63.3 Å². The van der Waals surface area contributed by atoms with E-state index < -0.39 is 10.0 Å². The van der Waals surface area contributed by atoms with Crippen LogP contribution in [0.2, 0.25) is 0 Å². The number of hydrogen-bond donors (Lipinski definition) is 2. The normalized spacial score (nSPS) is 16.9. The Balaban J connectivity index is 1.50. The number of carbonyl (C=O) groups is 1. The summed E-state index contributed by atoms with van der Waals surface area (Å²) in [5, 5.41) is 3.15. The molecule has 160 valence electrons. The summed E-state index contributed by atoms with van der Waals surface area (Å²) in [6.07, 6.45) is 6.29. The quantitative estimate of drug-likeness (QED) is 0.754. The molecule has 0 radical (unpaired) electrons. The second-order valence-electron chi connectivity index (χ2n) is 8.40. The van der Waals surface area contributed by atoms with E-state index >= 15 is 0 Å². The van der Waals surface area contributed by atoms with E-state index in [2.05, 4.69) is 10.0 Å². The molecular weight excluding hydrogens is 398 g/mol.